The molecule has 2 aliphatic rings. The smallest absolute Gasteiger partial charge is 0.392 e. The zero-order valence-electron chi connectivity index (χ0n) is 10.1. The molecule has 0 bridgehead atoms. The molecule has 1 aromatic carbocycles. The Bertz CT molecular complexity index is 542. The van der Waals surface area contributed by atoms with E-state index in [0.717, 1.165) is 5.69 Å². The first-order chi connectivity index (χ1) is 8.05. The summed E-state index contributed by atoms with van der Waals surface area (Å²) in [5.41, 5.74) is 1.34. The molecule has 1 spiro atoms. The summed E-state index contributed by atoms with van der Waals surface area (Å²) >= 11 is 0. The molecule has 4 nitrogen and oxygen atoms in total. The van der Waals surface area contributed by atoms with Crippen LogP contribution >= 0.6 is 0 Å². The first kappa shape index (κ1) is 10.5. The number of fused-ring (bicyclic) bond motifs is 2. The first-order valence-corrected chi connectivity index (χ1v) is 5.71. The minimum absolute atomic E-state index is 0.195. The zero-order valence-corrected chi connectivity index (χ0v) is 10.1. The maximum absolute atomic E-state index is 12.1. The van der Waals surface area contributed by atoms with Crippen molar-refractivity contribution < 1.29 is 14.3 Å². The van der Waals surface area contributed by atoms with Crippen molar-refractivity contribution in [1.82, 2.24) is 4.48 Å². The molecule has 4 heteroatoms. The summed E-state index contributed by atoms with van der Waals surface area (Å²) in [6.45, 7) is 4.02. The van der Waals surface area contributed by atoms with Gasteiger partial charge in [0, 0.05) is 6.07 Å². The molecule has 2 heterocycles. The van der Waals surface area contributed by atoms with Crippen LogP contribution in [-0.2, 0) is 4.79 Å². The summed E-state index contributed by atoms with van der Waals surface area (Å²) < 4.78 is 5.30. The van der Waals surface area contributed by atoms with Crippen LogP contribution in [0.3, 0.4) is 0 Å². The number of methoxy groups -OCH3 is 1. The highest BCUT2D eigenvalue weighted by molar-refractivity contribution is 6.51. The van der Waals surface area contributed by atoms with Crippen molar-refractivity contribution in [3.8, 4) is 5.75 Å². The van der Waals surface area contributed by atoms with Crippen molar-refractivity contribution in [2.24, 2.45) is 0 Å². The predicted octanol–water partition coefficient (Wildman–Crippen LogP) is 1.52. The van der Waals surface area contributed by atoms with E-state index in [4.69, 9.17) is 4.74 Å². The number of hydrogen-bond acceptors (Lipinski definition) is 3. The number of quaternary nitrogens is 1. The lowest BCUT2D eigenvalue weighted by atomic mass is 10.1. The second-order valence-electron chi connectivity index (χ2n) is 4.78. The SMILES string of the molecule is COc1ccc2c(c1)C(=O)C(=O)[N+]21C(C)C1C. The lowest BCUT2D eigenvalue weighted by Gasteiger charge is -2.10. The van der Waals surface area contributed by atoms with E-state index in [2.05, 4.69) is 0 Å². The van der Waals surface area contributed by atoms with E-state index in [1.54, 1.807) is 13.2 Å². The topological polar surface area (TPSA) is 43.4 Å². The third-order valence-corrected chi connectivity index (χ3v) is 4.27. The lowest BCUT2D eigenvalue weighted by Crippen LogP contribution is -2.36. The van der Waals surface area contributed by atoms with Gasteiger partial charge in [-0.3, -0.25) is 4.79 Å². The fraction of sp³-hybridized carbons (Fsp3) is 0.385. The van der Waals surface area contributed by atoms with Crippen LogP contribution < -0.4 is 9.22 Å². The molecule has 0 saturated carbocycles. The van der Waals surface area contributed by atoms with Crippen molar-refractivity contribution in [3.63, 3.8) is 0 Å². The quantitative estimate of drug-likeness (QED) is 0.419. The van der Waals surface area contributed by atoms with Crippen molar-refractivity contribution in [2.75, 3.05) is 7.11 Å². The molecule has 0 aliphatic carbocycles. The second kappa shape index (κ2) is 2.96. The van der Waals surface area contributed by atoms with Crippen LogP contribution in [0, 0.1) is 0 Å². The average Bonchev–Trinajstić information content (AvgIpc) is 2.81. The van der Waals surface area contributed by atoms with Gasteiger partial charge in [-0.15, -0.1) is 0 Å². The van der Waals surface area contributed by atoms with Gasteiger partial charge in [-0.2, -0.15) is 0 Å². The Kier molecular flexibility index (Phi) is 1.82. The molecule has 3 rings (SSSR count). The summed E-state index contributed by atoms with van der Waals surface area (Å²) in [6, 6.07) is 5.71. The number of carbonyl (C=O) groups excluding carboxylic acids is 2. The Hall–Kier alpha value is -1.68. The van der Waals surface area contributed by atoms with E-state index in [-0.39, 0.29) is 28.3 Å². The summed E-state index contributed by atoms with van der Waals surface area (Å²) in [5, 5.41) is 0. The molecular weight excluding hydrogens is 218 g/mol. The van der Waals surface area contributed by atoms with Gasteiger partial charge in [0.25, 0.3) is 5.78 Å². The van der Waals surface area contributed by atoms with E-state index in [1.165, 1.54) is 0 Å². The van der Waals surface area contributed by atoms with Gasteiger partial charge in [0.05, 0.1) is 12.7 Å². The lowest BCUT2D eigenvalue weighted by molar-refractivity contribution is -0.120. The summed E-state index contributed by atoms with van der Waals surface area (Å²) in [7, 11) is 1.55. The van der Waals surface area contributed by atoms with Crippen LogP contribution in [0.4, 0.5) is 5.69 Å². The predicted molar refractivity (Wildman–Crippen MR) is 63.0 cm³/mol. The monoisotopic (exact) mass is 232 g/mol. The molecule has 0 radical (unpaired) electrons. The van der Waals surface area contributed by atoms with Crippen molar-refractivity contribution in [1.29, 1.82) is 0 Å². The van der Waals surface area contributed by atoms with Crippen LogP contribution in [0.25, 0.3) is 0 Å². The Balaban J connectivity index is 2.23. The number of carbonyl (C=O) groups is 2. The third-order valence-electron chi connectivity index (χ3n) is 4.27. The maximum Gasteiger partial charge on any atom is 0.392 e. The number of nitrogens with zero attached hydrogens (tertiary/aromatic N) is 1. The summed E-state index contributed by atoms with van der Waals surface area (Å²) in [5.74, 6) is -0.0598. The number of Topliss-reactive ketones (excluding diaryl/α,β-unsaturated/α-hetero) is 1. The fourth-order valence-corrected chi connectivity index (χ4v) is 3.03. The average molecular weight is 232 g/mol. The van der Waals surface area contributed by atoms with Gasteiger partial charge in [0.2, 0.25) is 0 Å². The molecule has 1 amide bonds. The van der Waals surface area contributed by atoms with Gasteiger partial charge < -0.3 is 4.74 Å². The zero-order chi connectivity index (χ0) is 12.4. The Morgan fingerprint density at radius 1 is 1.18 bits per heavy atom. The number of hydrogen-bond donors (Lipinski definition) is 0. The van der Waals surface area contributed by atoms with Gasteiger partial charge in [0.1, 0.15) is 5.75 Å². The van der Waals surface area contributed by atoms with E-state index >= 15 is 0 Å². The number of amides is 1. The van der Waals surface area contributed by atoms with Crippen molar-refractivity contribution in [2.45, 2.75) is 25.9 Å². The molecule has 1 aromatic rings. The first-order valence-electron chi connectivity index (χ1n) is 5.71. The molecule has 2 aliphatic heterocycles. The van der Waals surface area contributed by atoms with Crippen LogP contribution in [0.15, 0.2) is 18.2 Å². The van der Waals surface area contributed by atoms with Crippen LogP contribution in [0.2, 0.25) is 0 Å². The summed E-state index contributed by atoms with van der Waals surface area (Å²) in [6.07, 6.45) is 0. The fourth-order valence-electron chi connectivity index (χ4n) is 3.03. The van der Waals surface area contributed by atoms with Gasteiger partial charge in [-0.25, -0.2) is 9.28 Å². The highest BCUT2D eigenvalue weighted by Gasteiger charge is 2.73. The Morgan fingerprint density at radius 2 is 1.82 bits per heavy atom. The van der Waals surface area contributed by atoms with E-state index in [0.29, 0.717) is 11.3 Å². The normalized spacial score (nSPS) is 34.1. The highest BCUT2D eigenvalue weighted by Crippen LogP contribution is 2.52. The molecule has 2 unspecified atom stereocenters. The van der Waals surface area contributed by atoms with Gasteiger partial charge in [-0.05, 0) is 26.0 Å². The minimum Gasteiger partial charge on any atom is -0.497 e. The number of benzene rings is 1. The third kappa shape index (κ3) is 0.971. The van der Waals surface area contributed by atoms with Crippen LogP contribution in [0.1, 0.15) is 24.2 Å². The highest BCUT2D eigenvalue weighted by atomic mass is 16.5. The maximum atomic E-state index is 12.1. The van der Waals surface area contributed by atoms with Gasteiger partial charge in [0.15, 0.2) is 17.8 Å². The number of ketones is 1. The van der Waals surface area contributed by atoms with Gasteiger partial charge in [-0.1, -0.05) is 0 Å². The largest absolute Gasteiger partial charge is 0.497 e. The number of ether oxygens (including phenoxy) is 1. The molecule has 2 atom stereocenters. The Morgan fingerprint density at radius 3 is 2.35 bits per heavy atom. The molecule has 0 aromatic heterocycles. The van der Waals surface area contributed by atoms with E-state index in [1.807, 2.05) is 26.0 Å². The molecule has 0 N–H and O–H groups in total. The van der Waals surface area contributed by atoms with E-state index in [9.17, 15) is 9.59 Å². The van der Waals surface area contributed by atoms with Crippen LogP contribution in [0.5, 0.6) is 5.75 Å². The van der Waals surface area contributed by atoms with Crippen molar-refractivity contribution >= 4 is 17.4 Å². The molecule has 88 valence electrons. The minimum atomic E-state index is -0.380. The van der Waals surface area contributed by atoms with E-state index < -0.39 is 0 Å². The second-order valence-corrected chi connectivity index (χ2v) is 4.78. The molecular formula is C13H14NO3+. The van der Waals surface area contributed by atoms with Crippen LogP contribution in [-0.4, -0.2) is 30.9 Å². The van der Waals surface area contributed by atoms with Gasteiger partial charge >= 0.3 is 5.91 Å². The standard InChI is InChI=1S/C13H14NO3/c1-7-8(2)14(7)11-5-4-9(17-3)6-10(11)12(15)13(14)16/h4-8H,1-3H3/q+1. The van der Waals surface area contributed by atoms with Crippen molar-refractivity contribution in [3.05, 3.63) is 23.8 Å². The molecule has 1 fully saturated rings. The Labute approximate surface area is 99.4 Å². The molecule has 1 saturated heterocycles. The summed E-state index contributed by atoms with van der Waals surface area (Å²) in [4.78, 5) is 24.1. The number of rotatable bonds is 1. The molecule has 17 heavy (non-hydrogen) atoms.